The van der Waals surface area contributed by atoms with E-state index in [0.29, 0.717) is 11.6 Å². The molecule has 120 valence electrons. The van der Waals surface area contributed by atoms with Crippen molar-refractivity contribution >= 4 is 17.7 Å². The number of nitrogens with one attached hydrogen (secondary N) is 1. The van der Waals surface area contributed by atoms with Gasteiger partial charge in [-0.15, -0.1) is 0 Å². The second kappa shape index (κ2) is 7.73. The molecule has 0 atom stereocenters. The van der Waals surface area contributed by atoms with E-state index in [0.717, 1.165) is 17.5 Å². The fraction of sp³-hybridized carbons (Fsp3) is 0.250. The molecule has 23 heavy (non-hydrogen) atoms. The van der Waals surface area contributed by atoms with Crippen molar-refractivity contribution < 1.29 is 9.18 Å². The lowest BCUT2D eigenvalue weighted by molar-refractivity contribution is -0.111. The number of anilines is 1. The summed E-state index contributed by atoms with van der Waals surface area (Å²) in [6.45, 7) is 6.20. The first kappa shape index (κ1) is 16.9. The van der Waals surface area contributed by atoms with Crippen LogP contribution in [0.4, 0.5) is 10.1 Å². The molecule has 0 saturated heterocycles. The maximum atomic E-state index is 13.2. The third-order valence-electron chi connectivity index (χ3n) is 3.51. The van der Waals surface area contributed by atoms with Gasteiger partial charge in [0.1, 0.15) is 5.82 Å². The van der Waals surface area contributed by atoms with Crippen LogP contribution in [0.1, 0.15) is 30.5 Å². The lowest BCUT2D eigenvalue weighted by Crippen LogP contribution is -2.09. The molecule has 0 bridgehead atoms. The summed E-state index contributed by atoms with van der Waals surface area (Å²) < 4.78 is 13.2. The van der Waals surface area contributed by atoms with Crippen LogP contribution in [0.5, 0.6) is 0 Å². The van der Waals surface area contributed by atoms with Gasteiger partial charge in [0, 0.05) is 11.8 Å². The molecule has 0 spiro atoms. The molecule has 0 fully saturated rings. The summed E-state index contributed by atoms with van der Waals surface area (Å²) in [4.78, 5) is 11.9. The summed E-state index contributed by atoms with van der Waals surface area (Å²) in [5, 5.41) is 2.69. The summed E-state index contributed by atoms with van der Waals surface area (Å²) in [6, 6.07) is 12.5. The lowest BCUT2D eigenvalue weighted by atomic mass is 10.0. The molecule has 1 N–H and O–H groups in total. The second-order valence-electron chi connectivity index (χ2n) is 6.12. The smallest absolute Gasteiger partial charge is 0.248 e. The minimum atomic E-state index is -0.365. The number of halogens is 1. The van der Waals surface area contributed by atoms with Crippen LogP contribution >= 0.6 is 0 Å². The average molecular weight is 311 g/mol. The van der Waals surface area contributed by atoms with E-state index < -0.39 is 0 Å². The Balaban J connectivity index is 1.99. The zero-order chi connectivity index (χ0) is 16.8. The first-order valence-corrected chi connectivity index (χ1v) is 7.78. The normalized spacial score (nSPS) is 11.2. The lowest BCUT2D eigenvalue weighted by Gasteiger charge is -2.06. The largest absolute Gasteiger partial charge is 0.322 e. The predicted octanol–water partition coefficient (Wildman–Crippen LogP) is 4.98. The van der Waals surface area contributed by atoms with Crippen molar-refractivity contribution in [1.82, 2.24) is 0 Å². The second-order valence-corrected chi connectivity index (χ2v) is 6.12. The highest BCUT2D eigenvalue weighted by molar-refractivity contribution is 6.02. The minimum Gasteiger partial charge on any atom is -0.322 e. The fourth-order valence-electron chi connectivity index (χ4n) is 2.31. The molecule has 0 aliphatic heterocycles. The van der Waals surface area contributed by atoms with Gasteiger partial charge in [-0.05, 0) is 54.2 Å². The van der Waals surface area contributed by atoms with Gasteiger partial charge in [0.25, 0.3) is 0 Å². The number of carbonyl (C=O) groups is 1. The van der Waals surface area contributed by atoms with E-state index in [-0.39, 0.29) is 11.7 Å². The fourth-order valence-corrected chi connectivity index (χ4v) is 2.31. The van der Waals surface area contributed by atoms with Crippen molar-refractivity contribution in [2.24, 2.45) is 5.92 Å². The molecule has 0 heterocycles. The van der Waals surface area contributed by atoms with Crippen LogP contribution in [0.25, 0.3) is 6.08 Å². The molecule has 0 saturated carbocycles. The molecule has 0 unspecified atom stereocenters. The van der Waals surface area contributed by atoms with Gasteiger partial charge < -0.3 is 5.32 Å². The molecule has 2 aromatic rings. The van der Waals surface area contributed by atoms with Crippen LogP contribution in [-0.4, -0.2) is 5.91 Å². The van der Waals surface area contributed by atoms with E-state index in [4.69, 9.17) is 0 Å². The summed E-state index contributed by atoms with van der Waals surface area (Å²) in [5.74, 6) is -0.0164. The zero-order valence-corrected chi connectivity index (χ0v) is 13.8. The van der Waals surface area contributed by atoms with E-state index in [1.807, 2.05) is 19.1 Å². The van der Waals surface area contributed by atoms with Crippen LogP contribution in [0.2, 0.25) is 0 Å². The molecule has 0 aliphatic carbocycles. The van der Waals surface area contributed by atoms with Gasteiger partial charge in [-0.25, -0.2) is 4.39 Å². The van der Waals surface area contributed by atoms with Crippen LogP contribution in [0.15, 0.2) is 48.5 Å². The third-order valence-corrected chi connectivity index (χ3v) is 3.51. The summed E-state index contributed by atoms with van der Waals surface area (Å²) >= 11 is 0. The quantitative estimate of drug-likeness (QED) is 0.775. The number of aryl methyl sites for hydroxylation is 1. The van der Waals surface area contributed by atoms with Crippen molar-refractivity contribution in [3.63, 3.8) is 0 Å². The van der Waals surface area contributed by atoms with Gasteiger partial charge in [0.2, 0.25) is 5.91 Å². The Morgan fingerprint density at radius 2 is 1.87 bits per heavy atom. The van der Waals surface area contributed by atoms with Crippen molar-refractivity contribution in [3.05, 3.63) is 71.0 Å². The third kappa shape index (κ3) is 5.37. The first-order chi connectivity index (χ1) is 10.9. The Kier molecular flexibility index (Phi) is 5.69. The molecular formula is C20H22FNO. The van der Waals surface area contributed by atoms with Gasteiger partial charge in [0.05, 0.1) is 0 Å². The van der Waals surface area contributed by atoms with Crippen molar-refractivity contribution in [3.8, 4) is 0 Å². The highest BCUT2D eigenvalue weighted by Gasteiger charge is 2.03. The van der Waals surface area contributed by atoms with Crippen molar-refractivity contribution in [2.45, 2.75) is 27.2 Å². The predicted molar refractivity (Wildman–Crippen MR) is 93.8 cm³/mol. The molecule has 2 aromatic carbocycles. The Morgan fingerprint density at radius 3 is 2.52 bits per heavy atom. The number of amides is 1. The van der Waals surface area contributed by atoms with E-state index in [1.165, 1.54) is 23.8 Å². The summed E-state index contributed by atoms with van der Waals surface area (Å²) in [7, 11) is 0. The van der Waals surface area contributed by atoms with Crippen molar-refractivity contribution in [2.75, 3.05) is 5.32 Å². The zero-order valence-electron chi connectivity index (χ0n) is 13.8. The van der Waals surface area contributed by atoms with E-state index in [1.54, 1.807) is 12.1 Å². The SMILES string of the molecule is Cc1ccc(F)cc1NC(=O)/C=C\c1ccc(CC(C)C)cc1. The first-order valence-electron chi connectivity index (χ1n) is 7.78. The number of hydrogen-bond donors (Lipinski definition) is 1. The highest BCUT2D eigenvalue weighted by atomic mass is 19.1. The molecule has 1 amide bonds. The van der Waals surface area contributed by atoms with E-state index in [2.05, 4.69) is 31.3 Å². The Bertz CT molecular complexity index is 702. The van der Waals surface area contributed by atoms with Gasteiger partial charge in [-0.2, -0.15) is 0 Å². The van der Waals surface area contributed by atoms with Crippen LogP contribution in [0.3, 0.4) is 0 Å². The summed E-state index contributed by atoms with van der Waals surface area (Å²) in [5.41, 5.74) is 3.57. The average Bonchev–Trinajstić information content (AvgIpc) is 2.50. The van der Waals surface area contributed by atoms with Crippen molar-refractivity contribution in [1.29, 1.82) is 0 Å². The number of rotatable bonds is 5. The van der Waals surface area contributed by atoms with Crippen LogP contribution in [0, 0.1) is 18.7 Å². The van der Waals surface area contributed by atoms with Gasteiger partial charge in [-0.1, -0.05) is 44.2 Å². The Labute approximate surface area is 137 Å². The summed E-state index contributed by atoms with van der Waals surface area (Å²) in [6.07, 6.45) is 4.26. The number of carbonyl (C=O) groups excluding carboxylic acids is 1. The maximum Gasteiger partial charge on any atom is 0.248 e. The molecule has 0 radical (unpaired) electrons. The molecule has 3 heteroatoms. The Morgan fingerprint density at radius 1 is 1.17 bits per heavy atom. The topological polar surface area (TPSA) is 29.1 Å². The van der Waals surface area contributed by atoms with E-state index >= 15 is 0 Å². The number of benzene rings is 2. The molecule has 0 aliphatic rings. The number of hydrogen-bond acceptors (Lipinski definition) is 1. The van der Waals surface area contributed by atoms with Crippen LogP contribution in [-0.2, 0) is 11.2 Å². The van der Waals surface area contributed by atoms with Gasteiger partial charge >= 0.3 is 0 Å². The van der Waals surface area contributed by atoms with Crippen LogP contribution < -0.4 is 5.32 Å². The monoisotopic (exact) mass is 311 g/mol. The highest BCUT2D eigenvalue weighted by Crippen LogP contribution is 2.16. The molecule has 0 aromatic heterocycles. The van der Waals surface area contributed by atoms with Gasteiger partial charge in [-0.3, -0.25) is 4.79 Å². The molecular weight excluding hydrogens is 289 g/mol. The maximum absolute atomic E-state index is 13.2. The standard InChI is InChI=1S/C20H22FNO/c1-14(2)12-17-7-5-16(6-8-17)9-11-20(23)22-19-13-18(21)10-4-15(19)3/h4-11,13-14H,12H2,1-3H3,(H,22,23)/b11-9-. The minimum absolute atomic E-state index is 0.273. The molecule has 2 nitrogen and oxygen atoms in total. The van der Waals surface area contributed by atoms with E-state index in [9.17, 15) is 9.18 Å². The van der Waals surface area contributed by atoms with Gasteiger partial charge in [0.15, 0.2) is 0 Å². The molecule has 2 rings (SSSR count). The Hall–Kier alpha value is -2.42.